The Morgan fingerprint density at radius 2 is 1.86 bits per heavy atom. The number of rotatable bonds is 5. The number of hydrogen-bond acceptors (Lipinski definition) is 5. The van der Waals surface area contributed by atoms with Crippen LogP contribution in [0.25, 0.3) is 10.2 Å². The summed E-state index contributed by atoms with van der Waals surface area (Å²) >= 11 is 1.43. The first-order valence-corrected chi connectivity index (χ1v) is 11.3. The SMILES string of the molecule is Cc1cc(C)c2sc(NC(=O)c3ccc(S(=O)(=O)N(C)C4CC4)cc3)nc2c1. The topological polar surface area (TPSA) is 79.4 Å². The number of carbonyl (C=O) groups excluding carboxylic acids is 1. The second kappa shape index (κ2) is 6.95. The molecule has 1 aliphatic carbocycles. The van der Waals surface area contributed by atoms with Gasteiger partial charge in [-0.25, -0.2) is 13.4 Å². The molecular weight excluding hydrogens is 394 g/mol. The minimum atomic E-state index is -3.51. The van der Waals surface area contributed by atoms with Gasteiger partial charge in [-0.3, -0.25) is 10.1 Å². The molecule has 0 atom stereocenters. The lowest BCUT2D eigenvalue weighted by atomic mass is 10.1. The van der Waals surface area contributed by atoms with Gasteiger partial charge in [0.15, 0.2) is 5.13 Å². The zero-order valence-corrected chi connectivity index (χ0v) is 17.5. The number of fused-ring (bicyclic) bond motifs is 1. The zero-order valence-electron chi connectivity index (χ0n) is 15.9. The van der Waals surface area contributed by atoms with E-state index in [1.165, 1.54) is 39.9 Å². The molecule has 1 amide bonds. The molecule has 2 aromatic carbocycles. The predicted octanol–water partition coefficient (Wildman–Crippen LogP) is 3.95. The van der Waals surface area contributed by atoms with Crippen LogP contribution in [0, 0.1) is 13.8 Å². The number of nitrogens with one attached hydrogen (secondary N) is 1. The monoisotopic (exact) mass is 415 g/mol. The van der Waals surface area contributed by atoms with Crippen LogP contribution >= 0.6 is 11.3 Å². The Bertz CT molecular complexity index is 1160. The molecule has 8 heteroatoms. The molecule has 0 radical (unpaired) electrons. The highest BCUT2D eigenvalue weighted by Crippen LogP contribution is 2.31. The molecule has 0 bridgehead atoms. The van der Waals surface area contributed by atoms with Crippen molar-refractivity contribution in [3.05, 3.63) is 53.1 Å². The maximum Gasteiger partial charge on any atom is 0.257 e. The summed E-state index contributed by atoms with van der Waals surface area (Å²) in [6.45, 7) is 4.04. The normalized spacial score (nSPS) is 14.6. The molecule has 1 fully saturated rings. The number of carbonyl (C=O) groups is 1. The summed E-state index contributed by atoms with van der Waals surface area (Å²) in [5.74, 6) is -0.312. The highest BCUT2D eigenvalue weighted by atomic mass is 32.2. The molecule has 1 heterocycles. The number of benzene rings is 2. The van der Waals surface area contributed by atoms with Crippen molar-refractivity contribution in [2.45, 2.75) is 37.6 Å². The third-order valence-corrected chi connectivity index (χ3v) is 7.94. The van der Waals surface area contributed by atoms with E-state index in [1.807, 2.05) is 19.9 Å². The number of thiazole rings is 1. The number of anilines is 1. The van der Waals surface area contributed by atoms with Gasteiger partial charge in [0, 0.05) is 18.7 Å². The van der Waals surface area contributed by atoms with E-state index in [9.17, 15) is 13.2 Å². The van der Waals surface area contributed by atoms with Crippen molar-refractivity contribution in [1.82, 2.24) is 9.29 Å². The maximum absolute atomic E-state index is 12.6. The molecule has 1 aromatic heterocycles. The quantitative estimate of drug-likeness (QED) is 0.684. The van der Waals surface area contributed by atoms with Crippen LogP contribution in [0.2, 0.25) is 0 Å². The lowest BCUT2D eigenvalue weighted by molar-refractivity contribution is 0.102. The molecular formula is C20H21N3O3S2. The number of hydrogen-bond donors (Lipinski definition) is 1. The number of aryl methyl sites for hydroxylation is 2. The van der Waals surface area contributed by atoms with E-state index in [2.05, 4.69) is 16.4 Å². The van der Waals surface area contributed by atoms with Gasteiger partial charge in [0.2, 0.25) is 10.0 Å². The van der Waals surface area contributed by atoms with Crippen LogP contribution in [-0.4, -0.2) is 36.7 Å². The molecule has 6 nitrogen and oxygen atoms in total. The number of nitrogens with zero attached hydrogens (tertiary/aromatic N) is 2. The van der Waals surface area contributed by atoms with Gasteiger partial charge in [-0.15, -0.1) is 0 Å². The van der Waals surface area contributed by atoms with Crippen molar-refractivity contribution in [2.24, 2.45) is 0 Å². The van der Waals surface area contributed by atoms with E-state index in [-0.39, 0.29) is 16.8 Å². The lowest BCUT2D eigenvalue weighted by Crippen LogP contribution is -2.29. The van der Waals surface area contributed by atoms with Gasteiger partial charge in [-0.05, 0) is 68.1 Å². The number of aromatic nitrogens is 1. The van der Waals surface area contributed by atoms with Crippen molar-refractivity contribution in [2.75, 3.05) is 12.4 Å². The van der Waals surface area contributed by atoms with Crippen LogP contribution in [0.5, 0.6) is 0 Å². The van der Waals surface area contributed by atoms with E-state index in [0.29, 0.717) is 10.7 Å². The summed E-state index contributed by atoms with van der Waals surface area (Å²) in [6, 6.07) is 10.2. The largest absolute Gasteiger partial charge is 0.298 e. The predicted molar refractivity (Wildman–Crippen MR) is 111 cm³/mol. The van der Waals surface area contributed by atoms with E-state index < -0.39 is 10.0 Å². The van der Waals surface area contributed by atoms with E-state index >= 15 is 0 Å². The Balaban J connectivity index is 1.53. The van der Waals surface area contributed by atoms with E-state index in [1.54, 1.807) is 7.05 Å². The van der Waals surface area contributed by atoms with Gasteiger partial charge in [0.05, 0.1) is 15.1 Å². The smallest absolute Gasteiger partial charge is 0.257 e. The van der Waals surface area contributed by atoms with Gasteiger partial charge in [-0.2, -0.15) is 4.31 Å². The molecule has 146 valence electrons. The molecule has 1 N–H and O–H groups in total. The zero-order chi connectivity index (χ0) is 20.1. The first kappa shape index (κ1) is 19.0. The summed E-state index contributed by atoms with van der Waals surface area (Å²) in [7, 11) is -1.91. The molecule has 0 unspecified atom stereocenters. The number of sulfonamides is 1. The van der Waals surface area contributed by atoms with Crippen molar-refractivity contribution in [3.8, 4) is 0 Å². The van der Waals surface area contributed by atoms with Crippen LogP contribution in [-0.2, 0) is 10.0 Å². The van der Waals surface area contributed by atoms with Crippen molar-refractivity contribution >= 4 is 42.6 Å². The van der Waals surface area contributed by atoms with E-state index in [0.717, 1.165) is 34.2 Å². The van der Waals surface area contributed by atoms with Gasteiger partial charge in [0.1, 0.15) is 0 Å². The van der Waals surface area contributed by atoms with Crippen molar-refractivity contribution in [1.29, 1.82) is 0 Å². The van der Waals surface area contributed by atoms with Crippen LogP contribution < -0.4 is 5.32 Å². The van der Waals surface area contributed by atoms with Gasteiger partial charge in [0.25, 0.3) is 5.91 Å². The molecule has 0 spiro atoms. The standard InChI is InChI=1S/C20H21N3O3S2/c1-12-10-13(2)18-17(11-12)21-20(27-18)22-19(24)14-4-8-16(9-5-14)28(25,26)23(3)15-6-7-15/h4-5,8-11,15H,6-7H2,1-3H3,(H,21,22,24). The van der Waals surface area contributed by atoms with Crippen LogP contribution in [0.3, 0.4) is 0 Å². The van der Waals surface area contributed by atoms with Crippen molar-refractivity contribution < 1.29 is 13.2 Å². The second-order valence-electron chi connectivity index (χ2n) is 7.18. The Hall–Kier alpha value is -2.29. The van der Waals surface area contributed by atoms with Gasteiger partial charge in [-0.1, -0.05) is 17.4 Å². The lowest BCUT2D eigenvalue weighted by Gasteiger charge is -2.16. The van der Waals surface area contributed by atoms with Crippen LogP contribution in [0.4, 0.5) is 5.13 Å². The second-order valence-corrected chi connectivity index (χ2v) is 10.2. The minimum Gasteiger partial charge on any atom is -0.298 e. The van der Waals surface area contributed by atoms with Gasteiger partial charge < -0.3 is 0 Å². The van der Waals surface area contributed by atoms with E-state index in [4.69, 9.17) is 0 Å². The molecule has 3 aromatic rings. The molecule has 28 heavy (non-hydrogen) atoms. The summed E-state index contributed by atoms with van der Waals surface area (Å²) in [6.07, 6.45) is 1.80. The fraction of sp³-hybridized carbons (Fsp3) is 0.300. The van der Waals surface area contributed by atoms with Crippen molar-refractivity contribution in [3.63, 3.8) is 0 Å². The fourth-order valence-electron chi connectivity index (χ4n) is 3.18. The fourth-order valence-corrected chi connectivity index (χ4v) is 5.50. The Labute approximate surface area is 168 Å². The first-order chi connectivity index (χ1) is 13.3. The van der Waals surface area contributed by atoms with Crippen LogP contribution in [0.15, 0.2) is 41.3 Å². The Morgan fingerprint density at radius 1 is 1.18 bits per heavy atom. The maximum atomic E-state index is 12.6. The molecule has 1 saturated carbocycles. The Kier molecular flexibility index (Phi) is 4.73. The third kappa shape index (κ3) is 3.55. The van der Waals surface area contributed by atoms with Gasteiger partial charge >= 0.3 is 0 Å². The first-order valence-electron chi connectivity index (χ1n) is 9.03. The molecule has 0 aliphatic heterocycles. The Morgan fingerprint density at radius 3 is 2.50 bits per heavy atom. The average molecular weight is 416 g/mol. The van der Waals surface area contributed by atoms with Crippen LogP contribution in [0.1, 0.15) is 34.3 Å². The molecule has 1 aliphatic rings. The summed E-state index contributed by atoms with van der Waals surface area (Å²) in [4.78, 5) is 17.2. The summed E-state index contributed by atoms with van der Waals surface area (Å²) in [5.41, 5.74) is 3.51. The summed E-state index contributed by atoms with van der Waals surface area (Å²) < 4.78 is 27.6. The number of amides is 1. The highest BCUT2D eigenvalue weighted by Gasteiger charge is 2.35. The third-order valence-electron chi connectivity index (χ3n) is 4.90. The minimum absolute atomic E-state index is 0.0964. The molecule has 4 rings (SSSR count). The average Bonchev–Trinajstić information content (AvgIpc) is 3.42. The molecule has 0 saturated heterocycles. The summed E-state index contributed by atoms with van der Waals surface area (Å²) in [5, 5.41) is 3.34. The highest BCUT2D eigenvalue weighted by molar-refractivity contribution is 7.89.